The van der Waals surface area contributed by atoms with Crippen LogP contribution in [-0.2, 0) is 13.0 Å². The molecule has 0 spiro atoms. The summed E-state index contributed by atoms with van der Waals surface area (Å²) < 4.78 is 0. The lowest BCUT2D eigenvalue weighted by atomic mass is 10.2. The van der Waals surface area contributed by atoms with Crippen LogP contribution in [0.25, 0.3) is 0 Å². The van der Waals surface area contributed by atoms with Crippen molar-refractivity contribution in [3.05, 3.63) is 42.0 Å². The minimum absolute atomic E-state index is 0.907. The number of hydrogen-bond acceptors (Lipinski definition) is 4. The first kappa shape index (κ1) is 13.5. The highest BCUT2D eigenvalue weighted by Crippen LogP contribution is 2.11. The lowest BCUT2D eigenvalue weighted by molar-refractivity contribution is 0.639. The van der Waals surface area contributed by atoms with Crippen LogP contribution in [-0.4, -0.2) is 35.8 Å². The van der Waals surface area contributed by atoms with Crippen molar-refractivity contribution in [2.75, 3.05) is 25.5 Å². The molecule has 0 aliphatic rings. The van der Waals surface area contributed by atoms with Gasteiger partial charge in [0.2, 0.25) is 0 Å². The summed E-state index contributed by atoms with van der Waals surface area (Å²) >= 11 is 0. The first-order valence-electron chi connectivity index (χ1n) is 6.57. The van der Waals surface area contributed by atoms with Gasteiger partial charge in [-0.25, -0.2) is 4.98 Å². The van der Waals surface area contributed by atoms with Crippen LogP contribution < -0.4 is 10.2 Å². The Hall–Kier alpha value is -1.88. The highest BCUT2D eigenvalue weighted by atomic mass is 15.2. The highest BCUT2D eigenvalue weighted by molar-refractivity contribution is 5.45. The molecule has 0 aliphatic carbocycles. The molecular weight excluding hydrogens is 238 g/mol. The average molecular weight is 259 g/mol. The van der Waals surface area contributed by atoms with E-state index in [9.17, 15) is 0 Å². The number of benzene rings is 1. The number of aromatic amines is 1. The maximum atomic E-state index is 4.10. The topological polar surface area (TPSA) is 56.8 Å². The smallest absolute Gasteiger partial charge is 0.137 e. The van der Waals surface area contributed by atoms with Gasteiger partial charge in [0.15, 0.2) is 0 Å². The molecule has 1 aromatic carbocycles. The first-order chi connectivity index (χ1) is 9.25. The molecule has 0 atom stereocenters. The summed E-state index contributed by atoms with van der Waals surface area (Å²) in [5.41, 5.74) is 2.54. The number of hydrogen-bond donors (Lipinski definition) is 2. The van der Waals surface area contributed by atoms with E-state index < -0.39 is 0 Å². The fourth-order valence-corrected chi connectivity index (χ4v) is 1.88. The predicted octanol–water partition coefficient (Wildman–Crippen LogP) is 1.59. The number of aryl methyl sites for hydroxylation is 1. The fraction of sp³-hybridized carbons (Fsp3) is 0.429. The Morgan fingerprint density at radius 1 is 1.21 bits per heavy atom. The summed E-state index contributed by atoms with van der Waals surface area (Å²) in [4.78, 5) is 6.20. The summed E-state index contributed by atoms with van der Waals surface area (Å²) in [6.45, 7) is 1.89. The van der Waals surface area contributed by atoms with Crippen LogP contribution in [0.4, 0.5) is 5.69 Å². The van der Waals surface area contributed by atoms with Crippen molar-refractivity contribution in [2.45, 2.75) is 19.4 Å². The molecule has 5 nitrogen and oxygen atoms in total. The molecule has 0 aliphatic heterocycles. The molecular formula is C14H21N5. The average Bonchev–Trinajstić information content (AvgIpc) is 2.92. The molecule has 0 radical (unpaired) electrons. The zero-order valence-electron chi connectivity index (χ0n) is 11.6. The molecule has 0 bridgehead atoms. The van der Waals surface area contributed by atoms with Crippen LogP contribution >= 0.6 is 0 Å². The molecule has 0 saturated carbocycles. The maximum Gasteiger partial charge on any atom is 0.137 e. The lowest BCUT2D eigenvalue weighted by Gasteiger charge is -2.12. The van der Waals surface area contributed by atoms with Crippen molar-refractivity contribution in [1.29, 1.82) is 0 Å². The van der Waals surface area contributed by atoms with Crippen molar-refractivity contribution in [2.24, 2.45) is 0 Å². The summed E-state index contributed by atoms with van der Waals surface area (Å²) in [6.07, 6.45) is 3.55. The van der Waals surface area contributed by atoms with E-state index in [-0.39, 0.29) is 0 Å². The Bertz CT molecular complexity index is 461. The summed E-state index contributed by atoms with van der Waals surface area (Å²) in [5, 5.41) is 10.1. The molecule has 0 fully saturated rings. The highest BCUT2D eigenvalue weighted by Gasteiger charge is 1.97. The second kappa shape index (κ2) is 6.89. The number of anilines is 1. The third-order valence-electron chi connectivity index (χ3n) is 3.01. The van der Waals surface area contributed by atoms with Crippen LogP contribution in [0.15, 0.2) is 30.6 Å². The third-order valence-corrected chi connectivity index (χ3v) is 3.01. The van der Waals surface area contributed by atoms with E-state index in [2.05, 4.69) is 63.8 Å². The van der Waals surface area contributed by atoms with Crippen LogP contribution in [0.5, 0.6) is 0 Å². The molecule has 2 rings (SSSR count). The Morgan fingerprint density at radius 2 is 2.00 bits per heavy atom. The van der Waals surface area contributed by atoms with Crippen molar-refractivity contribution in [1.82, 2.24) is 20.5 Å². The number of aromatic nitrogens is 3. The quantitative estimate of drug-likeness (QED) is 0.741. The molecule has 19 heavy (non-hydrogen) atoms. The van der Waals surface area contributed by atoms with Gasteiger partial charge in [-0.15, -0.1) is 0 Å². The van der Waals surface area contributed by atoms with Crippen molar-refractivity contribution in [3.63, 3.8) is 0 Å². The molecule has 0 amide bonds. The van der Waals surface area contributed by atoms with E-state index in [0.29, 0.717) is 0 Å². The largest absolute Gasteiger partial charge is 0.378 e. The fourth-order valence-electron chi connectivity index (χ4n) is 1.88. The second-order valence-corrected chi connectivity index (χ2v) is 4.77. The standard InChI is InChI=1S/C14H21N5/c1-19(2)13-7-5-12(6-8-13)10-15-9-3-4-14-16-11-17-18-14/h5-8,11,15H,3-4,9-10H2,1-2H3,(H,16,17,18). The van der Waals surface area contributed by atoms with E-state index in [0.717, 1.165) is 31.8 Å². The van der Waals surface area contributed by atoms with E-state index in [1.54, 1.807) is 6.33 Å². The third kappa shape index (κ3) is 4.37. The molecule has 2 N–H and O–H groups in total. The van der Waals surface area contributed by atoms with Gasteiger partial charge in [-0.2, -0.15) is 5.10 Å². The van der Waals surface area contributed by atoms with Gasteiger partial charge in [0.05, 0.1) is 0 Å². The van der Waals surface area contributed by atoms with Gasteiger partial charge in [-0.05, 0) is 30.7 Å². The molecule has 2 aromatic rings. The molecule has 5 heteroatoms. The molecule has 1 heterocycles. The van der Waals surface area contributed by atoms with E-state index in [4.69, 9.17) is 0 Å². The van der Waals surface area contributed by atoms with Gasteiger partial charge in [0.25, 0.3) is 0 Å². The maximum absolute atomic E-state index is 4.10. The monoisotopic (exact) mass is 259 g/mol. The van der Waals surface area contributed by atoms with Gasteiger partial charge in [-0.1, -0.05) is 12.1 Å². The summed E-state index contributed by atoms with van der Waals surface area (Å²) in [6, 6.07) is 8.62. The van der Waals surface area contributed by atoms with Gasteiger partial charge in [0.1, 0.15) is 12.2 Å². The number of nitrogens with zero attached hydrogens (tertiary/aromatic N) is 3. The SMILES string of the molecule is CN(C)c1ccc(CNCCCc2ncn[nH]2)cc1. The van der Waals surface area contributed by atoms with Gasteiger partial charge < -0.3 is 10.2 Å². The molecule has 102 valence electrons. The zero-order valence-corrected chi connectivity index (χ0v) is 11.6. The van der Waals surface area contributed by atoms with E-state index in [1.165, 1.54) is 11.3 Å². The number of rotatable bonds is 7. The van der Waals surface area contributed by atoms with Crippen LogP contribution in [0, 0.1) is 0 Å². The second-order valence-electron chi connectivity index (χ2n) is 4.77. The van der Waals surface area contributed by atoms with Crippen LogP contribution in [0.1, 0.15) is 17.8 Å². The Balaban J connectivity index is 1.65. The minimum atomic E-state index is 0.907. The van der Waals surface area contributed by atoms with Gasteiger partial charge in [0, 0.05) is 32.7 Å². The minimum Gasteiger partial charge on any atom is -0.378 e. The summed E-state index contributed by atoms with van der Waals surface area (Å²) in [5.74, 6) is 0.956. The lowest BCUT2D eigenvalue weighted by Crippen LogP contribution is -2.15. The molecule has 1 aromatic heterocycles. The molecule has 0 saturated heterocycles. The van der Waals surface area contributed by atoms with Crippen molar-refractivity contribution >= 4 is 5.69 Å². The Kier molecular flexibility index (Phi) is 4.92. The zero-order chi connectivity index (χ0) is 13.5. The van der Waals surface area contributed by atoms with Crippen LogP contribution in [0.2, 0.25) is 0 Å². The Morgan fingerprint density at radius 3 is 2.63 bits per heavy atom. The van der Waals surface area contributed by atoms with E-state index in [1.807, 2.05) is 0 Å². The normalized spacial score (nSPS) is 10.6. The molecule has 0 unspecified atom stereocenters. The van der Waals surface area contributed by atoms with Crippen LogP contribution in [0.3, 0.4) is 0 Å². The number of nitrogens with one attached hydrogen (secondary N) is 2. The summed E-state index contributed by atoms with van der Waals surface area (Å²) in [7, 11) is 4.10. The number of H-pyrrole nitrogens is 1. The Labute approximate surface area is 114 Å². The van der Waals surface area contributed by atoms with Gasteiger partial charge in [-0.3, -0.25) is 5.10 Å². The van der Waals surface area contributed by atoms with E-state index >= 15 is 0 Å². The van der Waals surface area contributed by atoms with Crippen molar-refractivity contribution in [3.8, 4) is 0 Å². The predicted molar refractivity (Wildman–Crippen MR) is 77.2 cm³/mol. The first-order valence-corrected chi connectivity index (χ1v) is 6.57. The van der Waals surface area contributed by atoms with Gasteiger partial charge >= 0.3 is 0 Å². The van der Waals surface area contributed by atoms with Crippen molar-refractivity contribution < 1.29 is 0 Å².